The summed E-state index contributed by atoms with van der Waals surface area (Å²) in [7, 11) is 0. The highest BCUT2D eigenvalue weighted by Crippen LogP contribution is 2.53. The third kappa shape index (κ3) is 2.37. The van der Waals surface area contributed by atoms with Gasteiger partial charge in [-0.3, -0.25) is 0 Å². The number of halogens is 4. The number of aliphatic hydroxyl groups excluding tert-OH is 1. The molecule has 3 aliphatic rings. The summed E-state index contributed by atoms with van der Waals surface area (Å²) in [5.41, 5.74) is 0. The average Bonchev–Trinajstić information content (AvgIpc) is 2.45. The van der Waals surface area contributed by atoms with Gasteiger partial charge in [-0.1, -0.05) is 6.92 Å². The van der Waals surface area contributed by atoms with Gasteiger partial charge in [0.2, 0.25) is 0 Å². The van der Waals surface area contributed by atoms with E-state index in [1.165, 1.54) is 0 Å². The maximum Gasteiger partial charge on any atom is 0.335 e. The van der Waals surface area contributed by atoms with E-state index in [-0.39, 0.29) is 17.8 Å². The van der Waals surface area contributed by atoms with Gasteiger partial charge in [0, 0.05) is 11.8 Å². The van der Waals surface area contributed by atoms with Gasteiger partial charge in [-0.05, 0) is 31.6 Å². The molecule has 1 saturated heterocycles. The minimum absolute atomic E-state index is 0.251. The van der Waals surface area contributed by atoms with Gasteiger partial charge in [-0.15, -0.1) is 0 Å². The third-order valence-corrected chi connectivity index (χ3v) is 5.22. The highest BCUT2D eigenvalue weighted by molar-refractivity contribution is 5.00. The zero-order chi connectivity index (χ0) is 15.5. The molecule has 1 spiro atoms. The molecule has 2 saturated carbocycles. The van der Waals surface area contributed by atoms with Crippen molar-refractivity contribution in [3.63, 3.8) is 0 Å². The quantitative estimate of drug-likeness (QED) is 0.699. The molecule has 0 amide bonds. The van der Waals surface area contributed by atoms with Crippen molar-refractivity contribution in [2.75, 3.05) is 13.2 Å². The predicted octanol–water partition coefficient (Wildman–Crippen LogP) is 2.82. The SMILES string of the molecule is CC1CC2CC(O)CC(C2)C12OCC(F)(F)C(F)(F)CO2. The first-order chi connectivity index (χ1) is 9.66. The van der Waals surface area contributed by atoms with Crippen LogP contribution >= 0.6 is 0 Å². The lowest BCUT2D eigenvalue weighted by Gasteiger charge is -2.52. The van der Waals surface area contributed by atoms with Gasteiger partial charge in [-0.2, -0.15) is 17.6 Å². The summed E-state index contributed by atoms with van der Waals surface area (Å²) in [6.07, 6.45) is 1.76. The molecule has 2 aliphatic carbocycles. The molecule has 1 heterocycles. The smallest absolute Gasteiger partial charge is 0.335 e. The zero-order valence-corrected chi connectivity index (χ0v) is 11.8. The van der Waals surface area contributed by atoms with Crippen LogP contribution < -0.4 is 0 Å². The molecule has 0 aromatic rings. The molecule has 7 heteroatoms. The van der Waals surface area contributed by atoms with Gasteiger partial charge in [0.15, 0.2) is 5.79 Å². The van der Waals surface area contributed by atoms with E-state index in [1.807, 2.05) is 0 Å². The van der Waals surface area contributed by atoms with E-state index in [0.717, 1.165) is 0 Å². The van der Waals surface area contributed by atoms with Crippen LogP contribution in [0.1, 0.15) is 32.6 Å². The Bertz CT molecular complexity index is 393. The Balaban J connectivity index is 1.89. The van der Waals surface area contributed by atoms with E-state index in [4.69, 9.17) is 9.47 Å². The minimum atomic E-state index is -4.24. The Labute approximate surface area is 120 Å². The van der Waals surface area contributed by atoms with Gasteiger partial charge in [-0.25, -0.2) is 0 Å². The average molecular weight is 312 g/mol. The molecule has 0 aromatic carbocycles. The van der Waals surface area contributed by atoms with E-state index in [2.05, 4.69) is 0 Å². The van der Waals surface area contributed by atoms with Crippen molar-refractivity contribution < 1.29 is 32.1 Å². The fourth-order valence-electron chi connectivity index (χ4n) is 4.17. The number of aliphatic hydroxyl groups is 1. The normalized spacial score (nSPS) is 44.3. The summed E-state index contributed by atoms with van der Waals surface area (Å²) in [4.78, 5) is 0. The molecule has 3 fully saturated rings. The van der Waals surface area contributed by atoms with Crippen LogP contribution in [0.15, 0.2) is 0 Å². The van der Waals surface area contributed by atoms with Crippen LogP contribution in [0.2, 0.25) is 0 Å². The largest absolute Gasteiger partial charge is 0.393 e. The van der Waals surface area contributed by atoms with Crippen LogP contribution in [0.4, 0.5) is 17.6 Å². The molecule has 1 N–H and O–H groups in total. The summed E-state index contributed by atoms with van der Waals surface area (Å²) in [6, 6.07) is 0. The van der Waals surface area contributed by atoms with E-state index >= 15 is 0 Å². The van der Waals surface area contributed by atoms with Gasteiger partial charge in [0.25, 0.3) is 0 Å². The van der Waals surface area contributed by atoms with Crippen molar-refractivity contribution in [2.45, 2.75) is 56.3 Å². The van der Waals surface area contributed by atoms with Gasteiger partial charge >= 0.3 is 11.8 Å². The Morgan fingerprint density at radius 1 is 0.905 bits per heavy atom. The fraction of sp³-hybridized carbons (Fsp3) is 1.00. The van der Waals surface area contributed by atoms with Crippen LogP contribution in [-0.2, 0) is 9.47 Å². The number of hydrogen-bond acceptors (Lipinski definition) is 3. The van der Waals surface area contributed by atoms with Crippen LogP contribution in [0.3, 0.4) is 0 Å². The molecule has 1 aliphatic heterocycles. The Morgan fingerprint density at radius 2 is 1.48 bits per heavy atom. The maximum atomic E-state index is 13.5. The number of hydrogen-bond donors (Lipinski definition) is 1. The molecule has 3 rings (SSSR count). The lowest BCUT2D eigenvalue weighted by atomic mass is 9.64. The number of rotatable bonds is 0. The molecule has 21 heavy (non-hydrogen) atoms. The van der Waals surface area contributed by atoms with Crippen LogP contribution in [0.5, 0.6) is 0 Å². The minimum Gasteiger partial charge on any atom is -0.393 e. The Kier molecular flexibility index (Phi) is 3.54. The fourth-order valence-corrected chi connectivity index (χ4v) is 4.17. The van der Waals surface area contributed by atoms with E-state index in [1.54, 1.807) is 6.92 Å². The van der Waals surface area contributed by atoms with Crippen LogP contribution in [0, 0.1) is 17.8 Å². The first kappa shape index (κ1) is 15.5. The highest BCUT2D eigenvalue weighted by Gasteiger charge is 2.64. The van der Waals surface area contributed by atoms with Gasteiger partial charge in [0.05, 0.1) is 6.10 Å². The summed E-state index contributed by atoms with van der Waals surface area (Å²) < 4.78 is 64.5. The zero-order valence-electron chi connectivity index (χ0n) is 11.8. The summed E-state index contributed by atoms with van der Waals surface area (Å²) in [5, 5.41) is 9.88. The standard InChI is InChI=1S/C14H20F4O3/c1-8-2-9-3-10(5-11(19)4-9)14(8)20-6-12(15,16)13(17,18)7-21-14/h8-11,19H,2-7H2,1H3. The Morgan fingerprint density at radius 3 is 2.05 bits per heavy atom. The molecule has 4 atom stereocenters. The number of ether oxygens (including phenoxy) is 2. The van der Waals surface area contributed by atoms with Crippen molar-refractivity contribution in [2.24, 2.45) is 17.8 Å². The van der Waals surface area contributed by atoms with Crippen LogP contribution in [-0.4, -0.2) is 42.1 Å². The molecular formula is C14H20F4O3. The van der Waals surface area contributed by atoms with Crippen molar-refractivity contribution in [3.8, 4) is 0 Å². The monoisotopic (exact) mass is 312 g/mol. The number of fused-ring (bicyclic) bond motifs is 3. The summed E-state index contributed by atoms with van der Waals surface area (Å²) in [6.45, 7) is -0.901. The first-order valence-corrected chi connectivity index (χ1v) is 7.38. The summed E-state index contributed by atoms with van der Waals surface area (Å²) >= 11 is 0. The predicted molar refractivity (Wildman–Crippen MR) is 65.1 cm³/mol. The van der Waals surface area contributed by atoms with Crippen molar-refractivity contribution >= 4 is 0 Å². The number of alkyl halides is 4. The van der Waals surface area contributed by atoms with Crippen molar-refractivity contribution in [3.05, 3.63) is 0 Å². The molecule has 2 bridgehead atoms. The first-order valence-electron chi connectivity index (χ1n) is 7.38. The van der Waals surface area contributed by atoms with E-state index < -0.39 is 36.9 Å². The second kappa shape index (κ2) is 4.80. The highest BCUT2D eigenvalue weighted by atomic mass is 19.3. The molecule has 122 valence electrons. The van der Waals surface area contributed by atoms with E-state index in [0.29, 0.717) is 25.7 Å². The Hall–Kier alpha value is -0.400. The van der Waals surface area contributed by atoms with E-state index in [9.17, 15) is 22.7 Å². The molecule has 4 unspecified atom stereocenters. The second-order valence-corrected chi connectivity index (χ2v) is 6.77. The topological polar surface area (TPSA) is 38.7 Å². The van der Waals surface area contributed by atoms with Crippen molar-refractivity contribution in [1.29, 1.82) is 0 Å². The maximum absolute atomic E-state index is 13.5. The summed E-state index contributed by atoms with van der Waals surface area (Å²) in [5.74, 6) is -10.2. The second-order valence-electron chi connectivity index (χ2n) is 6.77. The lowest BCUT2D eigenvalue weighted by molar-refractivity contribution is -0.317. The van der Waals surface area contributed by atoms with Crippen LogP contribution in [0.25, 0.3) is 0 Å². The lowest BCUT2D eigenvalue weighted by Crippen LogP contribution is -2.56. The molecule has 0 aromatic heterocycles. The van der Waals surface area contributed by atoms with Gasteiger partial charge in [0.1, 0.15) is 13.2 Å². The molecule has 0 radical (unpaired) electrons. The van der Waals surface area contributed by atoms with Crippen molar-refractivity contribution in [1.82, 2.24) is 0 Å². The molecular weight excluding hydrogens is 292 g/mol. The third-order valence-electron chi connectivity index (χ3n) is 5.22. The molecule has 3 nitrogen and oxygen atoms in total. The van der Waals surface area contributed by atoms with Gasteiger partial charge < -0.3 is 14.6 Å².